The monoisotopic (exact) mass is 432 g/mol. The van der Waals surface area contributed by atoms with Gasteiger partial charge in [0.2, 0.25) is 0 Å². The van der Waals surface area contributed by atoms with Crippen molar-refractivity contribution in [1.29, 1.82) is 0 Å². The van der Waals surface area contributed by atoms with Crippen LogP contribution in [0.15, 0.2) is 117 Å². The normalized spacial score (nSPS) is 11.1. The molecule has 4 rings (SSSR count). The van der Waals surface area contributed by atoms with Crippen LogP contribution in [0.4, 0.5) is 22.7 Å². The van der Waals surface area contributed by atoms with Crippen LogP contribution in [0.1, 0.15) is 0 Å². The zero-order valence-electron chi connectivity index (χ0n) is 16.4. The molecule has 0 bridgehead atoms. The Morgan fingerprint density at radius 3 is 1.10 bits per heavy atom. The van der Waals surface area contributed by atoms with Crippen LogP contribution in [-0.2, 0) is 18.9 Å². The second-order valence-electron chi connectivity index (χ2n) is 6.82. The smallest absolute Gasteiger partial charge is 0.0325 e. The predicted molar refractivity (Wildman–Crippen MR) is 131 cm³/mol. The highest BCUT2D eigenvalue weighted by Crippen LogP contribution is 2.31. The van der Waals surface area contributed by atoms with Crippen molar-refractivity contribution < 1.29 is 0 Å². The maximum Gasteiger partial charge on any atom is 0.0325 e. The van der Waals surface area contributed by atoms with Gasteiger partial charge in [0.15, 0.2) is 0 Å². The van der Waals surface area contributed by atoms with Gasteiger partial charge >= 0.3 is 0 Å². The Morgan fingerprint density at radius 2 is 0.733 bits per heavy atom. The Hall–Kier alpha value is -3.22. The first-order valence-electron chi connectivity index (χ1n) is 9.42. The lowest BCUT2D eigenvalue weighted by Gasteiger charge is -2.21. The lowest BCUT2D eigenvalue weighted by molar-refractivity contribution is 1.38. The molecule has 152 valence electrons. The molecule has 0 spiro atoms. The number of nitrogens with two attached hydrogens (primary N) is 4. The third kappa shape index (κ3) is 4.35. The fraction of sp³-hybridized carbons (Fsp3) is 0. The van der Waals surface area contributed by atoms with Crippen molar-refractivity contribution in [3.63, 3.8) is 0 Å². The predicted octanol–water partition coefficient (Wildman–Crippen LogP) is 4.70. The van der Waals surface area contributed by atoms with Crippen molar-refractivity contribution in [1.82, 2.24) is 0 Å². The molecule has 4 aromatic carbocycles. The molecule has 0 aliphatic heterocycles. The summed E-state index contributed by atoms with van der Waals surface area (Å²) in [4.78, 5) is 4.72. The van der Waals surface area contributed by atoms with Gasteiger partial charge < -0.3 is 22.9 Å². The van der Waals surface area contributed by atoms with E-state index in [4.69, 9.17) is 22.9 Å². The fourth-order valence-corrected chi connectivity index (χ4v) is 9.67. The fourth-order valence-electron chi connectivity index (χ4n) is 3.10. The first-order chi connectivity index (χ1) is 14.5. The minimum Gasteiger partial charge on any atom is -0.399 e. The molecule has 0 aromatic heterocycles. The van der Waals surface area contributed by atoms with Gasteiger partial charge in [-0.15, -0.1) is 0 Å². The zero-order valence-corrected chi connectivity index (χ0v) is 18.0. The van der Waals surface area contributed by atoms with Crippen molar-refractivity contribution in [2.24, 2.45) is 0 Å². The summed E-state index contributed by atoms with van der Waals surface area (Å²) in [6, 6.07) is 32.4. The molecule has 0 heterocycles. The molecule has 4 nitrogen and oxygen atoms in total. The van der Waals surface area contributed by atoms with Crippen LogP contribution in [-0.4, -0.2) is 0 Å². The third-order valence-corrected chi connectivity index (χ3v) is 10.9. The molecule has 6 heteroatoms. The molecule has 30 heavy (non-hydrogen) atoms. The summed E-state index contributed by atoms with van der Waals surface area (Å²) in [7, 11) is -0.657. The first kappa shape index (κ1) is 20.1. The van der Waals surface area contributed by atoms with Crippen LogP contribution in [0.5, 0.6) is 0 Å². The number of hydrogen-bond donors (Lipinski definition) is 4. The number of rotatable bonds is 4. The van der Waals surface area contributed by atoms with E-state index >= 15 is 0 Å². The van der Waals surface area contributed by atoms with E-state index in [1.165, 1.54) is 9.79 Å². The second-order valence-corrected chi connectivity index (χ2v) is 11.8. The highest BCUT2D eigenvalue weighted by molar-refractivity contribution is 8.44. The Balaban J connectivity index is 2.11. The summed E-state index contributed by atoms with van der Waals surface area (Å²) >= 11 is 0. The summed E-state index contributed by atoms with van der Waals surface area (Å²) < 4.78 is 0. The lowest BCUT2D eigenvalue weighted by atomic mass is 10.3. The van der Waals surface area contributed by atoms with Crippen LogP contribution in [0.3, 0.4) is 0 Å². The van der Waals surface area contributed by atoms with Crippen molar-refractivity contribution in [2.75, 3.05) is 22.9 Å². The van der Waals surface area contributed by atoms with Gasteiger partial charge in [-0.1, -0.05) is 31.0 Å². The largest absolute Gasteiger partial charge is 0.399 e. The van der Waals surface area contributed by atoms with Gasteiger partial charge in [-0.25, -0.2) is 0 Å². The minimum atomic E-state index is -0.339. The van der Waals surface area contributed by atoms with Crippen LogP contribution >= 0.6 is 0 Å². The van der Waals surface area contributed by atoms with Crippen molar-refractivity contribution >= 4 is 41.7 Å². The Bertz CT molecular complexity index is 1120. The summed E-state index contributed by atoms with van der Waals surface area (Å²) in [6.07, 6.45) is 0. The first-order valence-corrected chi connectivity index (χ1v) is 12.4. The highest BCUT2D eigenvalue weighted by atomic mass is 32.9. The quantitative estimate of drug-likeness (QED) is 0.351. The topological polar surface area (TPSA) is 104 Å². The lowest BCUT2D eigenvalue weighted by Crippen LogP contribution is -2.06. The molecule has 4 aromatic rings. The van der Waals surface area contributed by atoms with E-state index in [0.29, 0.717) is 0 Å². The molecule has 0 radical (unpaired) electrons. The summed E-state index contributed by atoms with van der Waals surface area (Å²) in [5, 5.41) is 0. The Kier molecular flexibility index (Phi) is 5.79. The highest BCUT2D eigenvalue weighted by Gasteiger charge is 2.15. The summed E-state index contributed by atoms with van der Waals surface area (Å²) in [5.74, 6) is 0. The average molecular weight is 433 g/mol. The van der Waals surface area contributed by atoms with E-state index in [-0.39, 0.29) is 18.9 Å². The van der Waals surface area contributed by atoms with Gasteiger partial charge in [0.1, 0.15) is 0 Å². The third-order valence-electron chi connectivity index (χ3n) is 4.50. The van der Waals surface area contributed by atoms with Crippen LogP contribution in [0.2, 0.25) is 0 Å². The molecular weight excluding hydrogens is 408 g/mol. The molecule has 0 aliphatic rings. The average Bonchev–Trinajstić information content (AvgIpc) is 2.73. The zero-order chi connectivity index (χ0) is 21.1. The van der Waals surface area contributed by atoms with Gasteiger partial charge in [-0.05, 0) is 84.9 Å². The summed E-state index contributed by atoms with van der Waals surface area (Å²) in [5.41, 5.74) is 27.3. The maximum absolute atomic E-state index is 6.17. The molecule has 0 amide bonds. The number of hydrogen-bond acceptors (Lipinski definition) is 4. The van der Waals surface area contributed by atoms with Crippen LogP contribution < -0.4 is 22.9 Å². The van der Waals surface area contributed by atoms with Crippen LogP contribution in [0.25, 0.3) is 0 Å². The summed E-state index contributed by atoms with van der Waals surface area (Å²) in [6.45, 7) is 0. The van der Waals surface area contributed by atoms with Gasteiger partial charge in [-0.2, -0.15) is 0 Å². The Morgan fingerprint density at radius 1 is 0.367 bits per heavy atom. The van der Waals surface area contributed by atoms with E-state index in [2.05, 4.69) is 48.5 Å². The standard InChI is InChI=1S/C24H24N4S2/c25-17-7-11-21(12-8-17)29(22-13-9-18(26)10-14-22)30(23-5-1-3-19(27)15-23)24-6-2-4-20(28)16-24/h1-16H,25-28H2. The van der Waals surface area contributed by atoms with E-state index in [9.17, 15) is 0 Å². The number of benzene rings is 4. The Labute approximate surface area is 181 Å². The van der Waals surface area contributed by atoms with Crippen molar-refractivity contribution in [2.45, 2.75) is 19.6 Å². The molecule has 0 aliphatic carbocycles. The molecule has 8 N–H and O–H groups in total. The molecule has 0 saturated heterocycles. The van der Waals surface area contributed by atoms with Crippen molar-refractivity contribution in [3.05, 3.63) is 97.1 Å². The van der Waals surface area contributed by atoms with Gasteiger partial charge in [0, 0.05) is 42.3 Å². The van der Waals surface area contributed by atoms with Crippen LogP contribution in [0, 0.1) is 0 Å². The van der Waals surface area contributed by atoms with Gasteiger partial charge in [0.05, 0.1) is 0 Å². The molecule has 0 saturated carbocycles. The van der Waals surface area contributed by atoms with E-state index in [0.717, 1.165) is 32.5 Å². The van der Waals surface area contributed by atoms with Gasteiger partial charge in [0.25, 0.3) is 0 Å². The molecule has 0 unspecified atom stereocenters. The maximum atomic E-state index is 6.17. The number of anilines is 4. The van der Waals surface area contributed by atoms with Crippen molar-refractivity contribution in [3.8, 4) is 0 Å². The molecule has 0 atom stereocenters. The SMILES string of the molecule is Nc1ccc(S(c2ccc(N)cc2)=S(c2cccc(N)c2)c2cccc(N)c2)cc1. The van der Waals surface area contributed by atoms with Gasteiger partial charge in [-0.3, -0.25) is 0 Å². The second kappa shape index (κ2) is 8.65. The van der Waals surface area contributed by atoms with E-state index in [1.54, 1.807) is 0 Å². The number of nitrogen functional groups attached to an aromatic ring is 4. The molecular formula is C24H24N4S2. The molecule has 0 fully saturated rings. The van der Waals surface area contributed by atoms with E-state index in [1.807, 2.05) is 48.5 Å². The van der Waals surface area contributed by atoms with E-state index < -0.39 is 0 Å². The minimum absolute atomic E-state index is 0.319.